The minimum Gasteiger partial charge on any atom is -0.338 e. The number of urea groups is 1. The molecule has 2 saturated heterocycles. The van der Waals surface area contributed by atoms with Gasteiger partial charge in [0.15, 0.2) is 0 Å². The fourth-order valence-corrected chi connectivity index (χ4v) is 2.06. The van der Waals surface area contributed by atoms with E-state index in [1.165, 1.54) is 17.7 Å². The van der Waals surface area contributed by atoms with E-state index in [1.807, 2.05) is 0 Å². The molecule has 2 amide bonds. The van der Waals surface area contributed by atoms with E-state index >= 15 is 0 Å². The molecule has 2 rings (SSSR count). The van der Waals surface area contributed by atoms with Gasteiger partial charge in [-0.05, 0) is 25.8 Å². The van der Waals surface area contributed by atoms with E-state index in [9.17, 15) is 9.18 Å². The second-order valence-electron chi connectivity index (χ2n) is 4.32. The molecule has 0 bridgehead atoms. The summed E-state index contributed by atoms with van der Waals surface area (Å²) < 4.78 is 12.5. The lowest BCUT2D eigenvalue weighted by Gasteiger charge is -2.34. The molecule has 2 aliphatic rings. The van der Waals surface area contributed by atoms with Gasteiger partial charge in [-0.15, -0.1) is 0 Å². The Balaban J connectivity index is 1.55. The zero-order chi connectivity index (χ0) is 10.7. The number of hydrogen-bond donors (Lipinski definition) is 2. The standard InChI is InChI=1S/C10H18FN3O/c11-8-6-14(7-8)10(15)13-5-3-9-2-1-4-12-9/h8-9,12H,1-7H2,(H,13,15)/t9-/m1/s1. The molecular weight excluding hydrogens is 197 g/mol. The number of nitrogens with one attached hydrogen (secondary N) is 2. The highest BCUT2D eigenvalue weighted by Gasteiger charge is 2.30. The highest BCUT2D eigenvalue weighted by molar-refractivity contribution is 5.75. The van der Waals surface area contributed by atoms with Crippen LogP contribution in [0.25, 0.3) is 0 Å². The molecular formula is C10H18FN3O. The second-order valence-corrected chi connectivity index (χ2v) is 4.32. The van der Waals surface area contributed by atoms with Gasteiger partial charge in [-0.25, -0.2) is 9.18 Å². The smallest absolute Gasteiger partial charge is 0.317 e. The van der Waals surface area contributed by atoms with Crippen molar-refractivity contribution in [3.63, 3.8) is 0 Å². The number of hydrogen-bond acceptors (Lipinski definition) is 2. The Hall–Kier alpha value is -0.840. The maximum absolute atomic E-state index is 12.5. The first-order valence-electron chi connectivity index (χ1n) is 5.66. The molecule has 2 N–H and O–H groups in total. The maximum Gasteiger partial charge on any atom is 0.317 e. The van der Waals surface area contributed by atoms with Gasteiger partial charge < -0.3 is 15.5 Å². The molecule has 1 atom stereocenters. The molecule has 0 spiro atoms. The number of halogens is 1. The van der Waals surface area contributed by atoms with Crippen molar-refractivity contribution >= 4 is 6.03 Å². The summed E-state index contributed by atoms with van der Waals surface area (Å²) in [6, 6.07) is 0.428. The molecule has 15 heavy (non-hydrogen) atoms. The van der Waals surface area contributed by atoms with Gasteiger partial charge in [0.2, 0.25) is 0 Å². The van der Waals surface area contributed by atoms with Gasteiger partial charge in [0.05, 0.1) is 13.1 Å². The number of rotatable bonds is 3. The molecule has 5 heteroatoms. The van der Waals surface area contributed by atoms with Gasteiger partial charge in [0.25, 0.3) is 0 Å². The van der Waals surface area contributed by atoms with E-state index in [4.69, 9.17) is 0 Å². The summed E-state index contributed by atoms with van der Waals surface area (Å²) in [5.74, 6) is 0. The molecule has 0 saturated carbocycles. The van der Waals surface area contributed by atoms with Crippen LogP contribution in [0.2, 0.25) is 0 Å². The summed E-state index contributed by atoms with van der Waals surface area (Å²) in [4.78, 5) is 12.9. The van der Waals surface area contributed by atoms with Crippen LogP contribution in [0, 0.1) is 0 Å². The highest BCUT2D eigenvalue weighted by atomic mass is 19.1. The Bertz CT molecular complexity index is 225. The highest BCUT2D eigenvalue weighted by Crippen LogP contribution is 2.11. The zero-order valence-electron chi connectivity index (χ0n) is 8.84. The largest absolute Gasteiger partial charge is 0.338 e. The number of carbonyl (C=O) groups is 1. The van der Waals surface area contributed by atoms with Crippen molar-refractivity contribution in [3.8, 4) is 0 Å². The van der Waals surface area contributed by atoms with Crippen molar-refractivity contribution in [1.29, 1.82) is 0 Å². The minimum atomic E-state index is -0.813. The van der Waals surface area contributed by atoms with Gasteiger partial charge in [0, 0.05) is 12.6 Å². The summed E-state index contributed by atoms with van der Waals surface area (Å²) in [5.41, 5.74) is 0. The number of alkyl halides is 1. The predicted molar refractivity (Wildman–Crippen MR) is 55.5 cm³/mol. The molecule has 0 aromatic heterocycles. The van der Waals surface area contributed by atoms with E-state index in [2.05, 4.69) is 10.6 Å². The van der Waals surface area contributed by atoms with Crippen molar-refractivity contribution in [1.82, 2.24) is 15.5 Å². The van der Waals surface area contributed by atoms with Crippen LogP contribution in [0.5, 0.6) is 0 Å². The van der Waals surface area contributed by atoms with Crippen LogP contribution in [-0.2, 0) is 0 Å². The molecule has 0 aromatic carbocycles. The van der Waals surface area contributed by atoms with Crippen LogP contribution in [0.1, 0.15) is 19.3 Å². The molecule has 86 valence electrons. The minimum absolute atomic E-state index is 0.123. The quantitative estimate of drug-likeness (QED) is 0.719. The molecule has 0 aromatic rings. The first-order valence-corrected chi connectivity index (χ1v) is 5.66. The third-order valence-electron chi connectivity index (χ3n) is 3.06. The van der Waals surface area contributed by atoms with Gasteiger partial charge in [-0.2, -0.15) is 0 Å². The van der Waals surface area contributed by atoms with Gasteiger partial charge in [-0.3, -0.25) is 0 Å². The van der Waals surface area contributed by atoms with Crippen LogP contribution < -0.4 is 10.6 Å². The molecule has 2 fully saturated rings. The maximum atomic E-state index is 12.5. The first kappa shape index (κ1) is 10.7. The molecule has 0 radical (unpaired) electrons. The molecule has 0 unspecified atom stereocenters. The number of carbonyl (C=O) groups excluding carboxylic acids is 1. The van der Waals surface area contributed by atoms with E-state index < -0.39 is 6.17 Å². The summed E-state index contributed by atoms with van der Waals surface area (Å²) in [5, 5.41) is 6.18. The summed E-state index contributed by atoms with van der Waals surface area (Å²) in [6.07, 6.45) is 2.59. The van der Waals surface area contributed by atoms with E-state index in [1.54, 1.807) is 0 Å². The van der Waals surface area contributed by atoms with Crippen LogP contribution >= 0.6 is 0 Å². The van der Waals surface area contributed by atoms with Crippen LogP contribution in [0.3, 0.4) is 0 Å². The van der Waals surface area contributed by atoms with Crippen molar-refractivity contribution in [2.75, 3.05) is 26.2 Å². The third-order valence-corrected chi connectivity index (χ3v) is 3.06. The van der Waals surface area contributed by atoms with Gasteiger partial charge >= 0.3 is 6.03 Å². The fraction of sp³-hybridized carbons (Fsp3) is 0.900. The van der Waals surface area contributed by atoms with Crippen molar-refractivity contribution in [2.45, 2.75) is 31.5 Å². The van der Waals surface area contributed by atoms with E-state index in [-0.39, 0.29) is 19.1 Å². The van der Waals surface area contributed by atoms with Crippen LogP contribution in [0.15, 0.2) is 0 Å². The normalized spacial score (nSPS) is 26.5. The number of nitrogens with zero attached hydrogens (tertiary/aromatic N) is 1. The predicted octanol–water partition coefficient (Wildman–Crippen LogP) is 0.492. The SMILES string of the molecule is O=C(NCC[C@H]1CCCN1)N1CC(F)C1. The molecule has 2 heterocycles. The molecule has 2 aliphatic heterocycles. The van der Waals surface area contributed by atoms with Gasteiger partial charge in [-0.1, -0.05) is 0 Å². The van der Waals surface area contributed by atoms with Crippen LogP contribution in [-0.4, -0.2) is 49.3 Å². The Morgan fingerprint density at radius 3 is 2.93 bits per heavy atom. The van der Waals surface area contributed by atoms with E-state index in [0.717, 1.165) is 13.0 Å². The van der Waals surface area contributed by atoms with Crippen molar-refractivity contribution in [3.05, 3.63) is 0 Å². The lowest BCUT2D eigenvalue weighted by atomic mass is 10.1. The van der Waals surface area contributed by atoms with Crippen LogP contribution in [0.4, 0.5) is 9.18 Å². The second kappa shape index (κ2) is 4.79. The number of amides is 2. The first-order chi connectivity index (χ1) is 7.25. The van der Waals surface area contributed by atoms with Crippen molar-refractivity contribution in [2.24, 2.45) is 0 Å². The topological polar surface area (TPSA) is 44.4 Å². The average molecular weight is 215 g/mol. The molecule has 4 nitrogen and oxygen atoms in total. The number of likely N-dealkylation sites (tertiary alicyclic amines) is 1. The monoisotopic (exact) mass is 215 g/mol. The lowest BCUT2D eigenvalue weighted by molar-refractivity contribution is 0.0898. The summed E-state index contributed by atoms with van der Waals surface area (Å²) in [6.45, 7) is 2.29. The third kappa shape index (κ3) is 2.81. The van der Waals surface area contributed by atoms with Crippen molar-refractivity contribution < 1.29 is 9.18 Å². The average Bonchev–Trinajstić information content (AvgIpc) is 2.65. The summed E-state index contributed by atoms with van der Waals surface area (Å²) in [7, 11) is 0. The summed E-state index contributed by atoms with van der Waals surface area (Å²) >= 11 is 0. The zero-order valence-corrected chi connectivity index (χ0v) is 8.84. The van der Waals surface area contributed by atoms with Gasteiger partial charge in [0.1, 0.15) is 6.17 Å². The fourth-order valence-electron chi connectivity index (χ4n) is 2.06. The molecule has 0 aliphatic carbocycles. The lowest BCUT2D eigenvalue weighted by Crippen LogP contribution is -2.55. The Labute approximate surface area is 89.2 Å². The van der Waals surface area contributed by atoms with E-state index in [0.29, 0.717) is 12.6 Å². The Morgan fingerprint density at radius 1 is 1.53 bits per heavy atom. The Morgan fingerprint density at radius 2 is 2.33 bits per heavy atom. The Kier molecular flexibility index (Phi) is 3.41.